The van der Waals surface area contributed by atoms with E-state index in [9.17, 15) is 22.8 Å². The van der Waals surface area contributed by atoms with Crippen LogP contribution in [-0.2, 0) is 20.1 Å². The molecule has 2 heterocycles. The van der Waals surface area contributed by atoms with Crippen LogP contribution in [0.2, 0.25) is 5.02 Å². The van der Waals surface area contributed by atoms with Crippen molar-refractivity contribution in [2.45, 2.75) is 38.6 Å². The SMILES string of the molecule is CC([OH2+])Cn1c(=O)n(C)c(=O)c2c1nc(OC1c3ccc(OC(F)(F)F)cc31)n2Cc1ccc(Cl)cc1. The Morgan fingerprint density at radius 1 is 1.11 bits per heavy atom. The van der Waals surface area contributed by atoms with Crippen molar-refractivity contribution in [2.75, 3.05) is 0 Å². The lowest BCUT2D eigenvalue weighted by Crippen LogP contribution is -2.40. The van der Waals surface area contributed by atoms with E-state index in [1.807, 2.05) is 0 Å². The van der Waals surface area contributed by atoms with Crippen LogP contribution in [0.15, 0.2) is 52.1 Å². The molecule has 2 aromatic heterocycles. The second kappa shape index (κ2) is 8.96. The Hall–Kier alpha value is -3.77. The van der Waals surface area contributed by atoms with Crippen LogP contribution >= 0.6 is 11.6 Å². The minimum Gasteiger partial charge on any atom is -0.451 e. The van der Waals surface area contributed by atoms with Crippen LogP contribution in [0.3, 0.4) is 0 Å². The molecule has 0 amide bonds. The van der Waals surface area contributed by atoms with Gasteiger partial charge in [0, 0.05) is 30.1 Å². The monoisotopic (exact) mass is 537 g/mol. The van der Waals surface area contributed by atoms with Gasteiger partial charge in [-0.1, -0.05) is 29.8 Å². The molecule has 1 aliphatic carbocycles. The molecule has 194 valence electrons. The van der Waals surface area contributed by atoms with Gasteiger partial charge in [-0.15, -0.1) is 13.2 Å². The van der Waals surface area contributed by atoms with E-state index in [2.05, 4.69) is 9.72 Å². The number of ether oxygens (including phenoxy) is 2. The number of fused-ring (bicyclic) bond motifs is 2. The first kappa shape index (κ1) is 24.9. The largest absolute Gasteiger partial charge is 0.573 e. The Morgan fingerprint density at radius 2 is 1.81 bits per heavy atom. The Labute approximate surface area is 211 Å². The van der Waals surface area contributed by atoms with Crippen molar-refractivity contribution in [2.24, 2.45) is 7.05 Å². The van der Waals surface area contributed by atoms with E-state index >= 15 is 0 Å². The molecule has 0 aliphatic heterocycles. The van der Waals surface area contributed by atoms with E-state index in [0.717, 1.165) is 10.1 Å². The second-order valence-corrected chi connectivity index (χ2v) is 9.21. The highest BCUT2D eigenvalue weighted by atomic mass is 35.5. The normalized spacial score (nSPS) is 15.5. The number of hydrogen-bond donors (Lipinski definition) is 0. The van der Waals surface area contributed by atoms with Crippen molar-refractivity contribution >= 4 is 22.8 Å². The van der Waals surface area contributed by atoms with Crippen LogP contribution in [0.5, 0.6) is 11.8 Å². The van der Waals surface area contributed by atoms with Gasteiger partial charge in [0.05, 0.1) is 6.54 Å². The predicted octanol–water partition coefficient (Wildman–Crippen LogP) is 3.09. The van der Waals surface area contributed by atoms with Crippen LogP contribution in [0.25, 0.3) is 11.2 Å². The molecule has 0 bridgehead atoms. The summed E-state index contributed by atoms with van der Waals surface area (Å²) in [4.78, 5) is 30.5. The zero-order chi connectivity index (χ0) is 26.6. The molecule has 5 rings (SSSR count). The highest BCUT2D eigenvalue weighted by Gasteiger charge is 2.39. The summed E-state index contributed by atoms with van der Waals surface area (Å²) >= 11 is 6.00. The van der Waals surface area contributed by atoms with Gasteiger partial charge in [0.15, 0.2) is 23.4 Å². The van der Waals surface area contributed by atoms with Crippen molar-refractivity contribution in [1.29, 1.82) is 0 Å². The van der Waals surface area contributed by atoms with E-state index in [-0.39, 0.29) is 36.0 Å². The third kappa shape index (κ3) is 4.81. The average Bonchev–Trinajstić information content (AvgIpc) is 3.37. The first-order chi connectivity index (χ1) is 17.4. The van der Waals surface area contributed by atoms with E-state index in [0.29, 0.717) is 16.1 Å². The summed E-state index contributed by atoms with van der Waals surface area (Å²) in [5.41, 5.74) is 0.820. The molecule has 2 atom stereocenters. The molecule has 37 heavy (non-hydrogen) atoms. The molecule has 4 aromatic rings. The number of imidazole rings is 1. The molecule has 0 saturated carbocycles. The molecular formula is C24H21ClF3N4O5+. The fourth-order valence-electron chi connectivity index (χ4n) is 4.16. The lowest BCUT2D eigenvalue weighted by atomic mass is 10.2. The van der Waals surface area contributed by atoms with Crippen LogP contribution in [0, 0.1) is 0 Å². The first-order valence-electron chi connectivity index (χ1n) is 11.1. The number of halogens is 4. The zero-order valence-electron chi connectivity index (χ0n) is 19.5. The Bertz CT molecular complexity index is 1620. The van der Waals surface area contributed by atoms with Gasteiger partial charge < -0.3 is 14.6 Å². The maximum atomic E-state index is 13.2. The molecule has 0 fully saturated rings. The third-order valence-corrected chi connectivity index (χ3v) is 6.15. The zero-order valence-corrected chi connectivity index (χ0v) is 20.3. The van der Waals surface area contributed by atoms with Crippen molar-refractivity contribution < 1.29 is 27.8 Å². The van der Waals surface area contributed by atoms with Gasteiger partial charge in [-0.2, -0.15) is 4.98 Å². The fourth-order valence-corrected chi connectivity index (χ4v) is 4.29. The highest BCUT2D eigenvalue weighted by Crippen LogP contribution is 2.46. The van der Waals surface area contributed by atoms with Gasteiger partial charge in [-0.05, 0) is 29.8 Å². The Kier molecular flexibility index (Phi) is 6.03. The van der Waals surface area contributed by atoms with E-state index < -0.39 is 29.8 Å². The van der Waals surface area contributed by atoms with Gasteiger partial charge in [-0.25, -0.2) is 4.79 Å². The molecule has 1 aliphatic rings. The number of hydrogen-bond acceptors (Lipinski definition) is 5. The van der Waals surface area contributed by atoms with Crippen molar-refractivity contribution in [3.63, 3.8) is 0 Å². The summed E-state index contributed by atoms with van der Waals surface area (Å²) in [6.07, 6.45) is -6.19. The quantitative estimate of drug-likeness (QED) is 0.337. The van der Waals surface area contributed by atoms with Crippen molar-refractivity contribution in [3.8, 4) is 11.8 Å². The molecule has 2 unspecified atom stereocenters. The molecule has 9 nitrogen and oxygen atoms in total. The van der Waals surface area contributed by atoms with E-state index in [1.54, 1.807) is 31.2 Å². The van der Waals surface area contributed by atoms with Crippen LogP contribution in [0.4, 0.5) is 13.2 Å². The number of aromatic nitrogens is 4. The lowest BCUT2D eigenvalue weighted by molar-refractivity contribution is -0.274. The topological polar surface area (TPSA) is 103 Å². The molecule has 2 aromatic carbocycles. The summed E-state index contributed by atoms with van der Waals surface area (Å²) in [6, 6.07) is 10.8. The summed E-state index contributed by atoms with van der Waals surface area (Å²) in [7, 11) is 1.34. The molecule has 0 radical (unpaired) electrons. The maximum absolute atomic E-state index is 13.2. The predicted molar refractivity (Wildman–Crippen MR) is 128 cm³/mol. The summed E-state index contributed by atoms with van der Waals surface area (Å²) in [6.45, 7) is 1.73. The van der Waals surface area contributed by atoms with Gasteiger partial charge in [0.25, 0.3) is 11.6 Å². The van der Waals surface area contributed by atoms with Crippen LogP contribution in [0.1, 0.15) is 29.7 Å². The Morgan fingerprint density at radius 3 is 2.46 bits per heavy atom. The maximum Gasteiger partial charge on any atom is 0.573 e. The van der Waals surface area contributed by atoms with E-state index in [1.165, 1.54) is 34.4 Å². The summed E-state index contributed by atoms with van der Waals surface area (Å²) in [5.74, 6) is -0.376. The van der Waals surface area contributed by atoms with Gasteiger partial charge in [0.1, 0.15) is 12.3 Å². The number of rotatable bonds is 7. The molecule has 2 N–H and O–H groups in total. The van der Waals surface area contributed by atoms with Gasteiger partial charge >= 0.3 is 12.1 Å². The number of alkyl halides is 3. The second-order valence-electron chi connectivity index (χ2n) is 8.77. The van der Waals surface area contributed by atoms with Crippen molar-refractivity contribution in [1.82, 2.24) is 18.7 Å². The molecule has 0 saturated heterocycles. The minimum absolute atomic E-state index is 0.00137. The molecular weight excluding hydrogens is 517 g/mol. The third-order valence-electron chi connectivity index (χ3n) is 5.90. The number of benzene rings is 2. The highest BCUT2D eigenvalue weighted by molar-refractivity contribution is 6.30. The smallest absolute Gasteiger partial charge is 0.451 e. The summed E-state index contributed by atoms with van der Waals surface area (Å²) in [5, 5.41) is 8.47. The summed E-state index contributed by atoms with van der Waals surface area (Å²) < 4.78 is 51.6. The molecule has 13 heteroatoms. The first-order valence-corrected chi connectivity index (χ1v) is 11.5. The Balaban J connectivity index is 1.60. The lowest BCUT2D eigenvalue weighted by Gasteiger charge is -2.11. The molecule has 0 spiro atoms. The average molecular weight is 538 g/mol. The number of nitrogens with zero attached hydrogens (tertiary/aromatic N) is 4. The fraction of sp³-hybridized carbons (Fsp3) is 0.292. The van der Waals surface area contributed by atoms with Gasteiger partial charge in [0.2, 0.25) is 0 Å². The van der Waals surface area contributed by atoms with Crippen LogP contribution in [-0.4, -0.2) is 36.3 Å². The van der Waals surface area contributed by atoms with E-state index in [4.69, 9.17) is 21.4 Å². The van der Waals surface area contributed by atoms with Gasteiger partial charge in [-0.3, -0.25) is 18.5 Å². The van der Waals surface area contributed by atoms with Crippen molar-refractivity contribution in [3.05, 3.63) is 85.0 Å². The standard InChI is InChI=1S/C24H20ClF3N4O5/c1-12(33)10-32-20-18(21(34)30(2)23(32)35)31(11-13-3-5-14(25)6-4-13)22(29-20)36-19-16-8-7-15(9-17(16)19)37-24(26,27)28/h3-9,12,19,33H,10-11H2,1-2H3/p+1. The van der Waals surface area contributed by atoms with Crippen LogP contribution < -0.4 is 20.7 Å². The minimum atomic E-state index is -4.83.